The maximum Gasteiger partial charge on any atom is 0.263 e. The summed E-state index contributed by atoms with van der Waals surface area (Å²) in [6.45, 7) is 0. The van der Waals surface area contributed by atoms with Crippen LogP contribution in [0.25, 0.3) is 0 Å². The van der Waals surface area contributed by atoms with Crippen molar-refractivity contribution in [2.24, 2.45) is 0 Å². The molecule has 9 heteroatoms. The van der Waals surface area contributed by atoms with Gasteiger partial charge in [0, 0.05) is 12.3 Å². The van der Waals surface area contributed by atoms with Crippen molar-refractivity contribution in [2.45, 2.75) is 4.90 Å². The van der Waals surface area contributed by atoms with E-state index in [9.17, 15) is 12.8 Å². The topological polar surface area (TPSA) is 72.0 Å². The molecule has 0 radical (unpaired) electrons. The van der Waals surface area contributed by atoms with Gasteiger partial charge >= 0.3 is 0 Å². The minimum atomic E-state index is -3.93. The lowest BCUT2D eigenvalue weighted by molar-refractivity contribution is 0.600. The number of nitrogens with one attached hydrogen (secondary N) is 1. The van der Waals surface area contributed by atoms with Gasteiger partial charge in [-0.15, -0.1) is 0 Å². The molecule has 19 heavy (non-hydrogen) atoms. The zero-order valence-electron chi connectivity index (χ0n) is 9.14. The molecule has 0 amide bonds. The highest BCUT2D eigenvalue weighted by atomic mass is 35.5. The van der Waals surface area contributed by atoms with Gasteiger partial charge in [-0.25, -0.2) is 17.8 Å². The molecule has 0 fully saturated rings. The lowest BCUT2D eigenvalue weighted by atomic mass is 10.4. The predicted molar refractivity (Wildman–Crippen MR) is 69.3 cm³/mol. The molecule has 0 spiro atoms. The molecule has 2 heterocycles. The van der Waals surface area contributed by atoms with Crippen molar-refractivity contribution in [1.29, 1.82) is 0 Å². The number of pyridine rings is 2. The smallest absolute Gasteiger partial charge is 0.263 e. The van der Waals surface area contributed by atoms with Crippen molar-refractivity contribution >= 4 is 38.9 Å². The van der Waals surface area contributed by atoms with Crippen LogP contribution in [0, 0.1) is 5.82 Å². The summed E-state index contributed by atoms with van der Waals surface area (Å²) in [6, 6.07) is 2.14. The third-order valence-electron chi connectivity index (χ3n) is 2.04. The van der Waals surface area contributed by atoms with Crippen LogP contribution in [-0.4, -0.2) is 18.4 Å². The van der Waals surface area contributed by atoms with Gasteiger partial charge in [0.25, 0.3) is 10.0 Å². The van der Waals surface area contributed by atoms with Gasteiger partial charge < -0.3 is 0 Å². The highest BCUT2D eigenvalue weighted by Gasteiger charge is 2.16. The summed E-state index contributed by atoms with van der Waals surface area (Å²) in [7, 11) is -3.93. The summed E-state index contributed by atoms with van der Waals surface area (Å²) < 4.78 is 39.0. The van der Waals surface area contributed by atoms with Crippen LogP contribution in [0.5, 0.6) is 0 Å². The first kappa shape index (κ1) is 14.0. The summed E-state index contributed by atoms with van der Waals surface area (Å²) in [6.07, 6.45) is 3.17. The largest absolute Gasteiger partial charge is 0.278 e. The molecule has 0 saturated carbocycles. The molecular weight excluding hydrogens is 316 g/mol. The summed E-state index contributed by atoms with van der Waals surface area (Å²) in [5, 5.41) is -0.00468. The van der Waals surface area contributed by atoms with Gasteiger partial charge in [-0.2, -0.15) is 0 Å². The van der Waals surface area contributed by atoms with Crippen molar-refractivity contribution in [3.63, 3.8) is 0 Å². The molecule has 2 aromatic rings. The molecular formula is C10H6Cl2FN3O2S. The molecule has 0 unspecified atom stereocenters. The van der Waals surface area contributed by atoms with E-state index in [1.54, 1.807) is 0 Å². The maximum absolute atomic E-state index is 12.9. The number of halogens is 3. The first-order valence-corrected chi connectivity index (χ1v) is 7.07. The Bertz CT molecular complexity index is 724. The van der Waals surface area contributed by atoms with Gasteiger partial charge in [-0.3, -0.25) is 9.71 Å². The molecule has 2 aromatic heterocycles. The normalized spacial score (nSPS) is 11.3. The fourth-order valence-electron chi connectivity index (χ4n) is 1.23. The van der Waals surface area contributed by atoms with Crippen molar-refractivity contribution < 1.29 is 12.8 Å². The highest BCUT2D eigenvalue weighted by molar-refractivity contribution is 7.92. The van der Waals surface area contributed by atoms with Crippen LogP contribution >= 0.6 is 23.2 Å². The number of sulfonamides is 1. The Kier molecular flexibility index (Phi) is 3.88. The number of aromatic nitrogens is 2. The second-order valence-corrected chi connectivity index (χ2v) is 5.89. The van der Waals surface area contributed by atoms with Crippen molar-refractivity contribution in [3.05, 3.63) is 46.7 Å². The zero-order valence-corrected chi connectivity index (χ0v) is 11.5. The van der Waals surface area contributed by atoms with E-state index in [2.05, 4.69) is 14.7 Å². The minimum absolute atomic E-state index is 0.00177. The monoisotopic (exact) mass is 321 g/mol. The molecule has 0 bridgehead atoms. The molecule has 0 aromatic carbocycles. The Morgan fingerprint density at radius 2 is 1.89 bits per heavy atom. The van der Waals surface area contributed by atoms with E-state index in [0.29, 0.717) is 0 Å². The van der Waals surface area contributed by atoms with Crippen LogP contribution in [0.15, 0.2) is 35.6 Å². The average molecular weight is 322 g/mol. The van der Waals surface area contributed by atoms with Crippen molar-refractivity contribution in [1.82, 2.24) is 9.97 Å². The Labute approximate surface area is 118 Å². The second kappa shape index (κ2) is 5.28. The van der Waals surface area contributed by atoms with Crippen LogP contribution < -0.4 is 4.72 Å². The molecule has 0 aliphatic carbocycles. The third-order valence-corrected chi connectivity index (χ3v) is 4.07. The Morgan fingerprint density at radius 1 is 1.16 bits per heavy atom. The standard InChI is InChI=1S/C10H6Cl2FN3O2S/c11-9-2-8(5-15-10(9)12)19(17,18)16-7-1-6(13)3-14-4-7/h1-5,16H. The molecule has 0 saturated heterocycles. The Morgan fingerprint density at radius 3 is 2.53 bits per heavy atom. The van der Waals surface area contributed by atoms with Gasteiger partial charge in [-0.1, -0.05) is 23.2 Å². The molecule has 100 valence electrons. The third kappa shape index (κ3) is 3.31. The summed E-state index contributed by atoms with van der Waals surface area (Å²) in [4.78, 5) is 6.97. The van der Waals surface area contributed by atoms with E-state index in [-0.39, 0.29) is 20.8 Å². The second-order valence-electron chi connectivity index (χ2n) is 3.44. The summed E-state index contributed by atoms with van der Waals surface area (Å²) in [5.74, 6) is -0.660. The number of nitrogens with zero attached hydrogens (tertiary/aromatic N) is 2. The van der Waals surface area contributed by atoms with E-state index in [0.717, 1.165) is 24.5 Å². The minimum Gasteiger partial charge on any atom is -0.278 e. The molecule has 1 N–H and O–H groups in total. The Hall–Kier alpha value is -1.44. The first-order chi connectivity index (χ1) is 8.88. The number of rotatable bonds is 3. The van der Waals surface area contributed by atoms with Crippen LogP contribution in [-0.2, 0) is 10.0 Å². The van der Waals surface area contributed by atoms with E-state index < -0.39 is 15.8 Å². The maximum atomic E-state index is 12.9. The van der Waals surface area contributed by atoms with Gasteiger partial charge in [0.1, 0.15) is 15.9 Å². The van der Waals surface area contributed by atoms with E-state index in [4.69, 9.17) is 23.2 Å². The zero-order chi connectivity index (χ0) is 14.0. The van der Waals surface area contributed by atoms with Crippen LogP contribution in [0.2, 0.25) is 10.2 Å². The predicted octanol–water partition coefficient (Wildman–Crippen LogP) is 2.72. The van der Waals surface area contributed by atoms with E-state index in [1.165, 1.54) is 6.20 Å². The van der Waals surface area contributed by atoms with Gasteiger partial charge in [0.2, 0.25) is 0 Å². The highest BCUT2D eigenvalue weighted by Crippen LogP contribution is 2.23. The van der Waals surface area contributed by atoms with Gasteiger partial charge in [-0.05, 0) is 6.07 Å². The fraction of sp³-hybridized carbons (Fsp3) is 0. The van der Waals surface area contributed by atoms with Gasteiger partial charge in [0.05, 0.1) is 23.1 Å². The summed E-state index contributed by atoms with van der Waals surface area (Å²) >= 11 is 11.3. The quantitative estimate of drug-likeness (QED) is 0.882. The molecule has 0 atom stereocenters. The van der Waals surface area contributed by atoms with Crippen LogP contribution in [0.1, 0.15) is 0 Å². The number of anilines is 1. The van der Waals surface area contributed by atoms with Crippen LogP contribution in [0.4, 0.5) is 10.1 Å². The van der Waals surface area contributed by atoms with E-state index in [1.807, 2.05) is 0 Å². The molecule has 2 rings (SSSR count). The lowest BCUT2D eigenvalue weighted by Crippen LogP contribution is -2.13. The lowest BCUT2D eigenvalue weighted by Gasteiger charge is -2.07. The fourth-order valence-corrected chi connectivity index (χ4v) is 2.57. The first-order valence-electron chi connectivity index (χ1n) is 4.83. The molecule has 0 aliphatic heterocycles. The SMILES string of the molecule is O=S(=O)(Nc1cncc(F)c1)c1cnc(Cl)c(Cl)c1. The van der Waals surface area contributed by atoms with Gasteiger partial charge in [0.15, 0.2) is 0 Å². The molecule has 5 nitrogen and oxygen atoms in total. The number of hydrogen-bond donors (Lipinski definition) is 1. The summed E-state index contributed by atoms with van der Waals surface area (Å²) in [5.41, 5.74) is -0.00827. The molecule has 0 aliphatic rings. The van der Waals surface area contributed by atoms with Crippen molar-refractivity contribution in [2.75, 3.05) is 4.72 Å². The van der Waals surface area contributed by atoms with Crippen LogP contribution in [0.3, 0.4) is 0 Å². The Balaban J connectivity index is 2.35. The van der Waals surface area contributed by atoms with E-state index >= 15 is 0 Å². The average Bonchev–Trinajstić information content (AvgIpc) is 2.32. The number of hydrogen-bond acceptors (Lipinski definition) is 4. The van der Waals surface area contributed by atoms with Crippen molar-refractivity contribution in [3.8, 4) is 0 Å².